The van der Waals surface area contributed by atoms with Crippen LogP contribution in [0.5, 0.6) is 5.75 Å². The van der Waals surface area contributed by atoms with Crippen molar-refractivity contribution in [1.82, 2.24) is 4.98 Å². The Morgan fingerprint density at radius 1 is 1.23 bits per heavy atom. The number of rotatable bonds is 4. The molecule has 0 bridgehead atoms. The zero-order valence-electron chi connectivity index (χ0n) is 11.5. The van der Waals surface area contributed by atoms with E-state index in [9.17, 15) is 0 Å². The molecule has 0 unspecified atom stereocenters. The maximum Gasteiger partial charge on any atom is 0.204 e. The minimum Gasteiger partial charge on any atom is -0.494 e. The van der Waals surface area contributed by atoms with E-state index < -0.39 is 0 Å². The molecule has 0 fully saturated rings. The summed E-state index contributed by atoms with van der Waals surface area (Å²) in [5, 5.41) is 5.00. The first-order valence-electron chi connectivity index (χ1n) is 6.35. The summed E-state index contributed by atoms with van der Waals surface area (Å²) < 4.78 is 8.14. The lowest BCUT2D eigenvalue weighted by molar-refractivity contribution is 0.409. The number of nitrogens with one attached hydrogen (secondary N) is 1. The van der Waals surface area contributed by atoms with Crippen LogP contribution in [0.25, 0.3) is 10.2 Å². The molecule has 3 aromatic rings. The van der Waals surface area contributed by atoms with Crippen molar-refractivity contribution >= 4 is 64.8 Å². The van der Waals surface area contributed by atoms with E-state index in [0.717, 1.165) is 35.6 Å². The van der Waals surface area contributed by atoms with E-state index in [1.165, 1.54) is 0 Å². The second kappa shape index (κ2) is 6.76. The van der Waals surface area contributed by atoms with Crippen LogP contribution in [0.1, 0.15) is 5.56 Å². The molecule has 0 radical (unpaired) electrons. The molecule has 0 aliphatic rings. The number of halogens is 2. The zero-order chi connectivity index (χ0) is 15.5. The highest BCUT2D eigenvalue weighted by Crippen LogP contribution is 2.34. The molecule has 7 heteroatoms. The lowest BCUT2D eigenvalue weighted by atomic mass is 10.2. The summed E-state index contributed by atoms with van der Waals surface area (Å²) in [6, 6.07) is 11.9. The minimum atomic E-state index is 0.760. The third kappa shape index (κ3) is 3.31. The van der Waals surface area contributed by atoms with E-state index in [-0.39, 0.29) is 0 Å². The first-order valence-corrected chi connectivity index (χ1v) is 8.75. The first-order chi connectivity index (χ1) is 10.7. The van der Waals surface area contributed by atoms with Crippen LogP contribution < -0.4 is 10.2 Å². The van der Waals surface area contributed by atoms with Crippen molar-refractivity contribution in [3.05, 3.63) is 50.9 Å². The van der Waals surface area contributed by atoms with E-state index in [4.69, 9.17) is 4.74 Å². The van der Waals surface area contributed by atoms with E-state index >= 15 is 0 Å². The zero-order valence-corrected chi connectivity index (χ0v) is 15.5. The van der Waals surface area contributed by atoms with E-state index in [0.29, 0.717) is 0 Å². The Labute approximate surface area is 148 Å². The molecule has 0 aliphatic heterocycles. The van der Waals surface area contributed by atoms with E-state index in [2.05, 4.69) is 47.4 Å². The number of anilines is 1. The van der Waals surface area contributed by atoms with Crippen molar-refractivity contribution in [2.24, 2.45) is 5.10 Å². The van der Waals surface area contributed by atoms with Gasteiger partial charge in [0.1, 0.15) is 5.75 Å². The van der Waals surface area contributed by atoms with Gasteiger partial charge in [-0.1, -0.05) is 23.5 Å². The van der Waals surface area contributed by atoms with Gasteiger partial charge in [-0.05, 0) is 61.7 Å². The van der Waals surface area contributed by atoms with Gasteiger partial charge in [0.25, 0.3) is 0 Å². The van der Waals surface area contributed by atoms with Crippen LogP contribution in [0.3, 0.4) is 0 Å². The van der Waals surface area contributed by atoms with Crippen LogP contribution >= 0.6 is 43.2 Å². The molecule has 1 N–H and O–H groups in total. The summed E-state index contributed by atoms with van der Waals surface area (Å²) in [5.41, 5.74) is 4.88. The van der Waals surface area contributed by atoms with Gasteiger partial charge in [-0.2, -0.15) is 5.10 Å². The summed E-state index contributed by atoms with van der Waals surface area (Å²) in [7, 11) is 1.63. The maximum absolute atomic E-state index is 5.28. The number of nitrogens with zero attached hydrogens (tertiary/aromatic N) is 2. The van der Waals surface area contributed by atoms with Crippen LogP contribution in [0.15, 0.2) is 50.4 Å². The molecule has 22 heavy (non-hydrogen) atoms. The molecular weight excluding hydrogens is 430 g/mol. The van der Waals surface area contributed by atoms with Crippen LogP contribution in [-0.2, 0) is 0 Å². The van der Waals surface area contributed by atoms with Crippen molar-refractivity contribution in [3.63, 3.8) is 0 Å². The normalized spacial score (nSPS) is 11.2. The average molecular weight is 441 g/mol. The molecule has 1 aromatic heterocycles. The molecule has 0 amide bonds. The number of aromatic nitrogens is 1. The molecule has 0 saturated carbocycles. The van der Waals surface area contributed by atoms with Crippen molar-refractivity contribution in [1.29, 1.82) is 0 Å². The molecule has 0 atom stereocenters. The summed E-state index contributed by atoms with van der Waals surface area (Å²) in [4.78, 5) is 4.46. The van der Waals surface area contributed by atoms with Crippen molar-refractivity contribution in [3.8, 4) is 5.75 Å². The van der Waals surface area contributed by atoms with Crippen LogP contribution in [0.4, 0.5) is 5.13 Å². The van der Waals surface area contributed by atoms with Gasteiger partial charge in [-0.15, -0.1) is 0 Å². The minimum absolute atomic E-state index is 0.760. The number of hydrogen-bond acceptors (Lipinski definition) is 5. The van der Waals surface area contributed by atoms with Gasteiger partial charge in [-0.25, -0.2) is 4.98 Å². The largest absolute Gasteiger partial charge is 0.494 e. The highest BCUT2D eigenvalue weighted by molar-refractivity contribution is 9.11. The van der Waals surface area contributed by atoms with Gasteiger partial charge in [0, 0.05) is 0 Å². The summed E-state index contributed by atoms with van der Waals surface area (Å²) in [6.45, 7) is 0. The Kier molecular flexibility index (Phi) is 4.75. The van der Waals surface area contributed by atoms with E-state index in [1.54, 1.807) is 24.7 Å². The molecule has 3 rings (SSSR count). The number of hydrazone groups is 1. The number of thiazole rings is 1. The Bertz CT molecular complexity index is 792. The van der Waals surface area contributed by atoms with Crippen molar-refractivity contribution < 1.29 is 4.74 Å². The van der Waals surface area contributed by atoms with Crippen LogP contribution in [-0.4, -0.2) is 18.3 Å². The Hall–Kier alpha value is -1.44. The molecular formula is C15H11Br2N3OS. The predicted molar refractivity (Wildman–Crippen MR) is 99.2 cm³/mol. The van der Waals surface area contributed by atoms with Gasteiger partial charge >= 0.3 is 0 Å². The third-order valence-corrected chi connectivity index (χ3v) is 5.01. The molecule has 0 spiro atoms. The standard InChI is InChI=1S/C15H11Br2N3OS/c1-21-14-10(16)6-9(7-11(14)17)8-18-20-15-19-12-4-2-3-5-13(12)22-15/h2-8H,1H3,(H,19,20)/b18-8-. The number of benzene rings is 2. The summed E-state index contributed by atoms with van der Waals surface area (Å²) >= 11 is 8.51. The molecule has 0 saturated heterocycles. The fraction of sp³-hybridized carbons (Fsp3) is 0.0667. The average Bonchev–Trinajstić information content (AvgIpc) is 2.89. The Morgan fingerprint density at radius 3 is 2.64 bits per heavy atom. The number of para-hydroxylation sites is 1. The van der Waals surface area contributed by atoms with Gasteiger partial charge in [-0.3, -0.25) is 5.43 Å². The first kappa shape index (κ1) is 15.5. The monoisotopic (exact) mass is 439 g/mol. The number of ether oxygens (including phenoxy) is 1. The lowest BCUT2D eigenvalue weighted by Gasteiger charge is -2.06. The van der Waals surface area contributed by atoms with E-state index in [1.807, 2.05) is 36.4 Å². The van der Waals surface area contributed by atoms with Gasteiger partial charge in [0.05, 0.1) is 32.5 Å². The van der Waals surface area contributed by atoms with Crippen molar-refractivity contribution in [2.75, 3.05) is 12.5 Å². The number of hydrogen-bond donors (Lipinski definition) is 1. The fourth-order valence-electron chi connectivity index (χ4n) is 1.93. The van der Waals surface area contributed by atoms with Gasteiger partial charge in [0.2, 0.25) is 5.13 Å². The van der Waals surface area contributed by atoms with Crippen LogP contribution in [0, 0.1) is 0 Å². The molecule has 4 nitrogen and oxygen atoms in total. The number of methoxy groups -OCH3 is 1. The smallest absolute Gasteiger partial charge is 0.204 e. The third-order valence-electron chi connectivity index (χ3n) is 2.89. The Morgan fingerprint density at radius 2 is 1.95 bits per heavy atom. The lowest BCUT2D eigenvalue weighted by Crippen LogP contribution is -1.92. The summed E-state index contributed by atoms with van der Waals surface area (Å²) in [5.74, 6) is 0.760. The summed E-state index contributed by atoms with van der Waals surface area (Å²) in [6.07, 6.45) is 1.74. The molecule has 0 aliphatic carbocycles. The number of fused-ring (bicyclic) bond motifs is 1. The molecule has 2 aromatic carbocycles. The quantitative estimate of drug-likeness (QED) is 0.443. The second-order valence-corrected chi connectivity index (χ2v) is 7.11. The van der Waals surface area contributed by atoms with Crippen molar-refractivity contribution in [2.45, 2.75) is 0 Å². The van der Waals surface area contributed by atoms with Gasteiger partial charge < -0.3 is 4.74 Å². The topological polar surface area (TPSA) is 46.5 Å². The maximum atomic E-state index is 5.28. The predicted octanol–water partition coefficient (Wildman–Crippen LogP) is 5.28. The highest BCUT2D eigenvalue weighted by atomic mass is 79.9. The SMILES string of the molecule is COc1c(Br)cc(/C=N\Nc2nc3ccccc3s2)cc1Br. The second-order valence-electron chi connectivity index (χ2n) is 4.37. The molecule has 112 valence electrons. The van der Waals surface area contributed by atoms with Crippen LogP contribution in [0.2, 0.25) is 0 Å². The van der Waals surface area contributed by atoms with Gasteiger partial charge in [0.15, 0.2) is 0 Å². The molecule has 1 heterocycles. The highest BCUT2D eigenvalue weighted by Gasteiger charge is 2.06. The fourth-order valence-corrected chi connectivity index (χ4v) is 4.29. The Balaban J connectivity index is 1.77.